The molecule has 1 atom stereocenters. The van der Waals surface area contributed by atoms with Gasteiger partial charge in [-0.15, -0.1) is 0 Å². The van der Waals surface area contributed by atoms with Crippen molar-refractivity contribution in [2.24, 2.45) is 11.3 Å². The standard InChI is InChI=1S/C16H27NO/c1-13-7-6-11-16(2,3)15(13)9-8-14(18)10-12-17(4)5/h7-9,15H,6,10-12H2,1-5H3/b9-8+/t15-/m1/s1. The Morgan fingerprint density at radius 3 is 2.72 bits per heavy atom. The minimum atomic E-state index is 0.234. The molecule has 1 aliphatic carbocycles. The second-order valence-corrected chi connectivity index (χ2v) is 6.33. The average molecular weight is 249 g/mol. The van der Waals surface area contributed by atoms with E-state index in [0.717, 1.165) is 13.0 Å². The number of allylic oxidation sites excluding steroid dienone is 4. The zero-order valence-electron chi connectivity index (χ0n) is 12.5. The van der Waals surface area contributed by atoms with Crippen LogP contribution in [0.2, 0.25) is 0 Å². The van der Waals surface area contributed by atoms with E-state index in [1.165, 1.54) is 12.0 Å². The van der Waals surface area contributed by atoms with Gasteiger partial charge in [0.1, 0.15) is 0 Å². The molecule has 0 fully saturated rings. The lowest BCUT2D eigenvalue weighted by atomic mass is 9.68. The Balaban J connectivity index is 2.61. The topological polar surface area (TPSA) is 20.3 Å². The SMILES string of the molecule is CC1=CCCC(C)(C)[C@@H]1/C=C/C(=O)CCN(C)C. The molecule has 0 amide bonds. The molecule has 0 spiro atoms. The first kappa shape index (κ1) is 15.2. The van der Waals surface area contributed by atoms with E-state index in [1.54, 1.807) is 6.08 Å². The Kier molecular flexibility index (Phi) is 5.33. The Bertz CT molecular complexity index is 350. The summed E-state index contributed by atoms with van der Waals surface area (Å²) >= 11 is 0. The third kappa shape index (κ3) is 4.41. The van der Waals surface area contributed by atoms with Crippen molar-refractivity contribution >= 4 is 5.78 Å². The van der Waals surface area contributed by atoms with E-state index in [-0.39, 0.29) is 11.2 Å². The first-order valence-corrected chi connectivity index (χ1v) is 6.85. The monoisotopic (exact) mass is 249 g/mol. The molecule has 102 valence electrons. The number of rotatable bonds is 5. The summed E-state index contributed by atoms with van der Waals surface area (Å²) < 4.78 is 0. The second-order valence-electron chi connectivity index (χ2n) is 6.33. The second kappa shape index (κ2) is 6.33. The number of hydrogen-bond acceptors (Lipinski definition) is 2. The predicted molar refractivity (Wildman–Crippen MR) is 77.6 cm³/mol. The van der Waals surface area contributed by atoms with Crippen molar-refractivity contribution in [3.63, 3.8) is 0 Å². The summed E-state index contributed by atoms with van der Waals surface area (Å²) in [6.07, 6.45) is 9.19. The van der Waals surface area contributed by atoms with Gasteiger partial charge in [-0.2, -0.15) is 0 Å². The molecule has 0 aromatic rings. The van der Waals surface area contributed by atoms with Gasteiger partial charge < -0.3 is 4.90 Å². The zero-order valence-corrected chi connectivity index (χ0v) is 12.5. The summed E-state index contributed by atoms with van der Waals surface area (Å²) in [4.78, 5) is 13.8. The highest BCUT2D eigenvalue weighted by molar-refractivity contribution is 5.89. The smallest absolute Gasteiger partial charge is 0.156 e. The molecule has 0 saturated carbocycles. The highest BCUT2D eigenvalue weighted by Gasteiger charge is 2.30. The average Bonchev–Trinajstić information content (AvgIpc) is 2.24. The number of nitrogens with zero attached hydrogens (tertiary/aromatic N) is 1. The van der Waals surface area contributed by atoms with Crippen molar-refractivity contribution in [3.8, 4) is 0 Å². The number of carbonyl (C=O) groups is 1. The third-order valence-corrected chi connectivity index (χ3v) is 3.87. The minimum Gasteiger partial charge on any atom is -0.309 e. The molecule has 0 bridgehead atoms. The quantitative estimate of drug-likeness (QED) is 0.549. The van der Waals surface area contributed by atoms with Crippen LogP contribution in [0.1, 0.15) is 40.0 Å². The molecule has 0 heterocycles. The van der Waals surface area contributed by atoms with Crippen molar-refractivity contribution in [2.75, 3.05) is 20.6 Å². The number of ketones is 1. The lowest BCUT2D eigenvalue weighted by molar-refractivity contribution is -0.114. The lowest BCUT2D eigenvalue weighted by Gasteiger charge is -2.36. The Hall–Kier alpha value is -0.890. The summed E-state index contributed by atoms with van der Waals surface area (Å²) in [7, 11) is 3.99. The number of hydrogen-bond donors (Lipinski definition) is 0. The lowest BCUT2D eigenvalue weighted by Crippen LogP contribution is -2.26. The molecule has 0 aromatic carbocycles. The zero-order chi connectivity index (χ0) is 13.8. The molecule has 0 radical (unpaired) electrons. The van der Waals surface area contributed by atoms with Crippen molar-refractivity contribution < 1.29 is 4.79 Å². The molecular formula is C16H27NO. The molecule has 1 aliphatic rings. The molecule has 2 nitrogen and oxygen atoms in total. The van der Waals surface area contributed by atoms with Gasteiger partial charge in [0.2, 0.25) is 0 Å². The fourth-order valence-electron chi connectivity index (χ4n) is 2.60. The van der Waals surface area contributed by atoms with Gasteiger partial charge in [-0.1, -0.05) is 31.6 Å². The van der Waals surface area contributed by atoms with Gasteiger partial charge in [0.05, 0.1) is 0 Å². The van der Waals surface area contributed by atoms with Crippen LogP contribution in [0.4, 0.5) is 0 Å². The summed E-state index contributed by atoms with van der Waals surface area (Å²) in [6.45, 7) is 7.60. The maximum atomic E-state index is 11.8. The Morgan fingerprint density at radius 2 is 2.17 bits per heavy atom. The molecule has 0 unspecified atom stereocenters. The minimum absolute atomic E-state index is 0.234. The first-order valence-electron chi connectivity index (χ1n) is 6.85. The van der Waals surface area contributed by atoms with E-state index in [2.05, 4.69) is 32.9 Å². The van der Waals surface area contributed by atoms with Gasteiger partial charge in [0.25, 0.3) is 0 Å². The fourth-order valence-corrected chi connectivity index (χ4v) is 2.60. The molecule has 0 aromatic heterocycles. The summed E-state index contributed by atoms with van der Waals surface area (Å²) in [5.41, 5.74) is 1.68. The first-order chi connectivity index (χ1) is 8.33. The van der Waals surface area contributed by atoms with E-state index in [1.807, 2.05) is 19.0 Å². The van der Waals surface area contributed by atoms with Crippen LogP contribution in [-0.4, -0.2) is 31.3 Å². The summed E-state index contributed by atoms with van der Waals surface area (Å²) in [5.74, 6) is 0.646. The number of carbonyl (C=O) groups excluding carboxylic acids is 1. The van der Waals surface area contributed by atoms with Gasteiger partial charge in [-0.25, -0.2) is 0 Å². The van der Waals surface area contributed by atoms with Crippen LogP contribution < -0.4 is 0 Å². The van der Waals surface area contributed by atoms with E-state index >= 15 is 0 Å². The maximum Gasteiger partial charge on any atom is 0.156 e. The van der Waals surface area contributed by atoms with Crippen LogP contribution in [0.5, 0.6) is 0 Å². The van der Waals surface area contributed by atoms with Crippen LogP contribution in [0.25, 0.3) is 0 Å². The maximum absolute atomic E-state index is 11.8. The van der Waals surface area contributed by atoms with Gasteiger partial charge in [-0.05, 0) is 45.4 Å². The van der Waals surface area contributed by atoms with Crippen molar-refractivity contribution in [1.29, 1.82) is 0 Å². The summed E-state index contributed by atoms with van der Waals surface area (Å²) in [6, 6.07) is 0. The summed E-state index contributed by atoms with van der Waals surface area (Å²) in [5, 5.41) is 0. The van der Waals surface area contributed by atoms with Crippen LogP contribution in [0.15, 0.2) is 23.8 Å². The van der Waals surface area contributed by atoms with E-state index in [4.69, 9.17) is 0 Å². The van der Waals surface area contributed by atoms with Crippen LogP contribution in [0.3, 0.4) is 0 Å². The van der Waals surface area contributed by atoms with Crippen molar-refractivity contribution in [1.82, 2.24) is 4.90 Å². The molecule has 1 rings (SSSR count). The predicted octanol–water partition coefficient (Wildman–Crippen LogP) is 3.45. The molecular weight excluding hydrogens is 222 g/mol. The Morgan fingerprint density at radius 1 is 1.50 bits per heavy atom. The molecule has 0 aliphatic heterocycles. The molecule has 0 saturated heterocycles. The molecule has 2 heteroatoms. The van der Waals surface area contributed by atoms with Gasteiger partial charge in [0.15, 0.2) is 5.78 Å². The molecule has 18 heavy (non-hydrogen) atoms. The van der Waals surface area contributed by atoms with Crippen LogP contribution in [0, 0.1) is 11.3 Å². The third-order valence-electron chi connectivity index (χ3n) is 3.87. The Labute approximate surface area is 112 Å². The van der Waals surface area contributed by atoms with Crippen LogP contribution >= 0.6 is 0 Å². The normalized spacial score (nSPS) is 23.4. The van der Waals surface area contributed by atoms with Gasteiger partial charge in [0, 0.05) is 18.9 Å². The van der Waals surface area contributed by atoms with Gasteiger partial charge >= 0.3 is 0 Å². The van der Waals surface area contributed by atoms with E-state index in [0.29, 0.717) is 12.3 Å². The van der Waals surface area contributed by atoms with E-state index < -0.39 is 0 Å². The van der Waals surface area contributed by atoms with E-state index in [9.17, 15) is 4.79 Å². The largest absolute Gasteiger partial charge is 0.309 e. The highest BCUT2D eigenvalue weighted by atomic mass is 16.1. The van der Waals surface area contributed by atoms with Crippen molar-refractivity contribution in [2.45, 2.75) is 40.0 Å². The van der Waals surface area contributed by atoms with Crippen LogP contribution in [-0.2, 0) is 4.79 Å². The molecule has 0 N–H and O–H groups in total. The highest BCUT2D eigenvalue weighted by Crippen LogP contribution is 2.41. The fraction of sp³-hybridized carbons (Fsp3) is 0.688. The van der Waals surface area contributed by atoms with Gasteiger partial charge in [-0.3, -0.25) is 4.79 Å². The van der Waals surface area contributed by atoms with Crippen molar-refractivity contribution in [3.05, 3.63) is 23.8 Å².